The monoisotopic (exact) mass is 198 g/mol. The normalized spacial score (nSPS) is 28.2. The number of nitrogens with two attached hydrogens (primary N) is 3. The predicted octanol–water partition coefficient (Wildman–Crippen LogP) is 0.769. The average molecular weight is 198 g/mol. The van der Waals surface area contributed by atoms with E-state index in [2.05, 4.69) is 0 Å². The van der Waals surface area contributed by atoms with Crippen LogP contribution in [0.15, 0.2) is 0 Å². The Hall–Kier alpha value is 0.340. The lowest BCUT2D eigenvalue weighted by Gasteiger charge is -2.34. The van der Waals surface area contributed by atoms with E-state index in [0.29, 0.717) is 0 Å². The van der Waals surface area contributed by atoms with Crippen LogP contribution in [0.2, 0.25) is 0 Å². The smallest absolute Gasteiger partial charge is 0.167 e. The van der Waals surface area contributed by atoms with Gasteiger partial charge in [-0.15, -0.1) is 0 Å². The van der Waals surface area contributed by atoms with Crippen LogP contribution in [0.3, 0.4) is 0 Å². The Balaban J connectivity index is 5.08. The van der Waals surface area contributed by atoms with Crippen LogP contribution in [-0.4, -0.2) is 18.4 Å². The number of hydrogen-bond acceptors (Lipinski definition) is 3. The van der Waals surface area contributed by atoms with Crippen molar-refractivity contribution in [2.75, 3.05) is 13.3 Å². The number of hydrogen-bond donors (Lipinski definition) is 4. The van der Waals surface area contributed by atoms with Crippen LogP contribution in [0.5, 0.6) is 0 Å². The summed E-state index contributed by atoms with van der Waals surface area (Å²) in [6, 6.07) is 0. The third-order valence-electron chi connectivity index (χ3n) is 1.84. The van der Waals surface area contributed by atoms with Gasteiger partial charge in [0.25, 0.3) is 0 Å². The van der Waals surface area contributed by atoms with Crippen LogP contribution in [0.1, 0.15) is 6.92 Å². The van der Waals surface area contributed by atoms with Gasteiger partial charge in [0.2, 0.25) is 0 Å². The van der Waals surface area contributed by atoms with E-state index in [1.807, 2.05) is 0 Å². The predicted molar refractivity (Wildman–Crippen MR) is 50.1 cm³/mol. The molecule has 0 aliphatic heterocycles. The van der Waals surface area contributed by atoms with Gasteiger partial charge in [-0.1, -0.05) is 0 Å². The molecule has 0 aliphatic rings. The zero-order valence-electron chi connectivity index (χ0n) is 7.03. The Kier molecular flexibility index (Phi) is 2.76. The van der Waals surface area contributed by atoms with Gasteiger partial charge in [0.05, 0.1) is 0 Å². The zero-order chi connectivity index (χ0) is 9.50. The Morgan fingerprint density at radius 2 is 1.64 bits per heavy atom. The minimum Gasteiger partial charge on any atom is -0.312 e. The third kappa shape index (κ3) is 2.14. The molecule has 0 aromatic rings. The van der Waals surface area contributed by atoms with Gasteiger partial charge in [0.15, 0.2) is 7.29 Å². The van der Waals surface area contributed by atoms with Gasteiger partial charge in [0, 0.05) is 13.9 Å². The van der Waals surface area contributed by atoms with Gasteiger partial charge in [0.1, 0.15) is 5.02 Å². The van der Waals surface area contributed by atoms with Crippen molar-refractivity contribution in [2.45, 2.75) is 11.9 Å². The molecule has 0 aliphatic carbocycles. The van der Waals surface area contributed by atoms with Crippen LogP contribution < -0.4 is 16.7 Å². The van der Waals surface area contributed by atoms with E-state index in [0.717, 1.165) is 0 Å². The summed E-state index contributed by atoms with van der Waals surface area (Å²) in [5.41, 5.74) is 16.5. The van der Waals surface area contributed by atoms with Gasteiger partial charge in [-0.05, 0) is 13.6 Å². The summed E-state index contributed by atoms with van der Waals surface area (Å²) in [6.07, 6.45) is 0. The summed E-state index contributed by atoms with van der Waals surface area (Å²) in [7, 11) is -5.58. The van der Waals surface area contributed by atoms with Crippen molar-refractivity contribution in [3.63, 3.8) is 0 Å². The molecule has 11 heavy (non-hydrogen) atoms. The molecular formula is C4H16N4OP2. The Morgan fingerprint density at radius 1 is 1.36 bits per heavy atom. The topological polar surface area (TPSA) is 119 Å². The zero-order valence-corrected chi connectivity index (χ0v) is 8.82. The molecule has 3 unspecified atom stereocenters. The lowest BCUT2D eigenvalue weighted by atomic mass is 10.8. The van der Waals surface area contributed by atoms with Crippen LogP contribution >= 0.6 is 14.5 Å². The van der Waals surface area contributed by atoms with Gasteiger partial charge in [-0.2, -0.15) is 0 Å². The standard InChI is InChI=1S/C4H16N4OP2/c1-4(5,10(2,6)7)11(3,8)9/h5H2,1-3H3,(H3,6,7)(H2,8,9). The fourth-order valence-corrected chi connectivity index (χ4v) is 3.71. The minimum absolute atomic E-state index is 1.24. The summed E-state index contributed by atoms with van der Waals surface area (Å²) >= 11 is 0. The SMILES string of the molecule is CC(N)(P(C)(=N)N)P(C)(N)=O. The summed E-state index contributed by atoms with van der Waals surface area (Å²) < 4.78 is 11.4. The van der Waals surface area contributed by atoms with Gasteiger partial charge < -0.3 is 15.5 Å². The summed E-state index contributed by atoms with van der Waals surface area (Å²) in [5.74, 6) is 0. The molecule has 7 N–H and O–H groups in total. The highest BCUT2D eigenvalue weighted by atomic mass is 31.2. The van der Waals surface area contributed by atoms with Crippen molar-refractivity contribution >= 4 is 14.5 Å². The van der Waals surface area contributed by atoms with Crippen LogP contribution in [0.25, 0.3) is 0 Å². The maximum atomic E-state index is 11.4. The van der Waals surface area contributed by atoms with Crippen LogP contribution in [-0.2, 0) is 4.57 Å². The molecular weight excluding hydrogens is 182 g/mol. The molecule has 0 heterocycles. The highest BCUT2D eigenvalue weighted by molar-refractivity contribution is 7.80. The molecule has 0 fully saturated rings. The molecule has 0 aromatic carbocycles. The van der Waals surface area contributed by atoms with E-state index in [9.17, 15) is 4.57 Å². The first-order valence-electron chi connectivity index (χ1n) is 3.05. The van der Waals surface area contributed by atoms with E-state index in [4.69, 9.17) is 21.9 Å². The highest BCUT2D eigenvalue weighted by Gasteiger charge is 2.41. The first kappa shape index (κ1) is 11.3. The summed E-state index contributed by atoms with van der Waals surface area (Å²) in [5, 5.41) is 6.27. The molecule has 0 radical (unpaired) electrons. The second kappa shape index (κ2) is 2.68. The lowest BCUT2D eigenvalue weighted by Crippen LogP contribution is -2.40. The molecule has 0 aromatic heterocycles. The van der Waals surface area contributed by atoms with E-state index in [-0.39, 0.29) is 0 Å². The molecule has 7 heteroatoms. The van der Waals surface area contributed by atoms with Crippen LogP contribution in [0.4, 0.5) is 0 Å². The fourth-order valence-electron chi connectivity index (χ4n) is 0.412. The molecule has 68 valence electrons. The molecule has 0 rings (SSSR count). The number of rotatable bonds is 2. The Labute approximate surface area is 67.0 Å². The molecule has 0 saturated heterocycles. The van der Waals surface area contributed by atoms with Gasteiger partial charge in [-0.25, -0.2) is 0 Å². The maximum Gasteiger partial charge on any atom is 0.167 e. The first-order chi connectivity index (χ1) is 4.50. The first-order valence-corrected chi connectivity index (χ1v) is 7.58. The van der Waals surface area contributed by atoms with Crippen molar-refractivity contribution < 1.29 is 4.57 Å². The molecule has 5 nitrogen and oxygen atoms in total. The van der Waals surface area contributed by atoms with Gasteiger partial charge in [-0.3, -0.25) is 11.0 Å². The second-order valence-corrected chi connectivity index (χ2v) is 9.50. The average Bonchev–Trinajstić information content (AvgIpc) is 1.58. The van der Waals surface area contributed by atoms with E-state index < -0.39 is 19.5 Å². The number of nitrogens with one attached hydrogen (secondary N) is 1. The molecule has 0 spiro atoms. The Morgan fingerprint density at radius 3 is 1.64 bits per heavy atom. The molecule has 0 saturated carbocycles. The third-order valence-corrected chi connectivity index (χ3v) is 7.96. The molecule has 0 amide bonds. The van der Waals surface area contributed by atoms with E-state index >= 15 is 0 Å². The maximum absolute atomic E-state index is 11.4. The largest absolute Gasteiger partial charge is 0.312 e. The van der Waals surface area contributed by atoms with E-state index in [1.54, 1.807) is 0 Å². The van der Waals surface area contributed by atoms with Gasteiger partial charge >= 0.3 is 0 Å². The minimum atomic E-state index is -2.98. The van der Waals surface area contributed by atoms with Crippen molar-refractivity contribution in [3.05, 3.63) is 0 Å². The summed E-state index contributed by atoms with van der Waals surface area (Å²) in [4.78, 5) is 0. The van der Waals surface area contributed by atoms with Crippen molar-refractivity contribution in [1.29, 1.82) is 5.16 Å². The van der Waals surface area contributed by atoms with E-state index in [1.165, 1.54) is 20.3 Å². The quantitative estimate of drug-likeness (QED) is 0.490. The molecule has 0 bridgehead atoms. The fraction of sp³-hybridized carbons (Fsp3) is 1.00. The lowest BCUT2D eigenvalue weighted by molar-refractivity contribution is 0.566. The second-order valence-electron chi connectivity index (χ2n) is 3.16. The van der Waals surface area contributed by atoms with Crippen molar-refractivity contribution in [3.8, 4) is 0 Å². The van der Waals surface area contributed by atoms with Crippen molar-refractivity contribution in [2.24, 2.45) is 16.7 Å². The van der Waals surface area contributed by atoms with Crippen molar-refractivity contribution in [1.82, 2.24) is 0 Å². The Bertz CT molecular complexity index is 212. The van der Waals surface area contributed by atoms with Crippen LogP contribution in [0, 0.1) is 5.16 Å². The summed E-state index contributed by atoms with van der Waals surface area (Å²) in [6.45, 7) is 4.33. The molecule has 3 atom stereocenters. The highest BCUT2D eigenvalue weighted by Crippen LogP contribution is 2.62.